The Morgan fingerprint density at radius 1 is 0.568 bits per heavy atom. The van der Waals surface area contributed by atoms with Crippen molar-refractivity contribution in [3.63, 3.8) is 0 Å². The van der Waals surface area contributed by atoms with Crippen LogP contribution in [0.15, 0.2) is 60.7 Å². The molecule has 2 aromatic carbocycles. The molecule has 0 saturated heterocycles. The number of hydrogen-bond acceptors (Lipinski definition) is 8. The van der Waals surface area contributed by atoms with Gasteiger partial charge in [-0.05, 0) is 15.4 Å². The Hall–Kier alpha value is -1.37. The van der Waals surface area contributed by atoms with Crippen LogP contribution in [-0.4, -0.2) is 103 Å². The van der Waals surface area contributed by atoms with E-state index in [1.54, 1.807) is 0 Å². The fraction of sp³-hybridized carbons (Fsp3) is 0.556. The van der Waals surface area contributed by atoms with Gasteiger partial charge in [-0.2, -0.15) is 0 Å². The second-order valence-corrected chi connectivity index (χ2v) is 14.4. The largest absolute Gasteiger partial charge is 0.407 e. The highest BCUT2D eigenvalue weighted by Gasteiger charge is 2.51. The summed E-state index contributed by atoms with van der Waals surface area (Å²) >= 11 is 4.64. The van der Waals surface area contributed by atoms with Gasteiger partial charge in [-0.15, -0.1) is 11.6 Å². The van der Waals surface area contributed by atoms with E-state index in [1.807, 2.05) is 36.4 Å². The zero-order valence-corrected chi connectivity index (χ0v) is 24.1. The van der Waals surface area contributed by atoms with Gasteiger partial charge in [-0.1, -0.05) is 81.4 Å². The summed E-state index contributed by atoms with van der Waals surface area (Å²) in [6.45, 7) is 3.95. The van der Waals surface area contributed by atoms with Gasteiger partial charge in [-0.3, -0.25) is 0 Å². The van der Waals surface area contributed by atoms with Gasteiger partial charge in [0.15, 0.2) is 0 Å². The van der Waals surface area contributed by atoms with E-state index in [0.717, 1.165) is 10.4 Å². The Balaban J connectivity index is 0.000000997. The Bertz CT molecular complexity index is 760. The summed E-state index contributed by atoms with van der Waals surface area (Å²) in [6, 6.07) is 20.3. The number of hydrogen-bond donors (Lipinski definition) is 7. The highest BCUT2D eigenvalue weighted by atomic mass is 35.5. The van der Waals surface area contributed by atoms with Gasteiger partial charge in [0.25, 0.3) is 8.32 Å². The fourth-order valence-electron chi connectivity index (χ4n) is 3.61. The molecule has 0 heterocycles. The molecule has 0 atom stereocenters. The van der Waals surface area contributed by atoms with Gasteiger partial charge in [0.2, 0.25) is 0 Å². The molecule has 0 amide bonds. The standard InChI is InChI=1S/C21H30O4Si.C5H12O4.CH3Cl/c1-20(2,3)26(18-10-6-4-7-11-18,19-12-8-5-9-13-19)25-17-21(14-22,15-23)16-24;6-1-5(2-7,3-8)4-9;1-2/h4-13,22-24H,14-17H2,1-3H3;6-9H,1-4H2;1H3. The van der Waals surface area contributed by atoms with E-state index in [4.69, 9.17) is 24.9 Å². The first-order valence-electron chi connectivity index (χ1n) is 12.0. The van der Waals surface area contributed by atoms with Crippen LogP contribution >= 0.6 is 11.6 Å². The zero-order valence-electron chi connectivity index (χ0n) is 22.3. The summed E-state index contributed by atoms with van der Waals surface area (Å²) in [7, 11) is -2.74. The lowest BCUT2D eigenvalue weighted by Gasteiger charge is -2.45. The van der Waals surface area contributed by atoms with Crippen molar-refractivity contribution in [1.29, 1.82) is 0 Å². The maximum atomic E-state index is 9.73. The first-order valence-corrected chi connectivity index (χ1v) is 14.6. The van der Waals surface area contributed by atoms with Crippen LogP contribution in [0.25, 0.3) is 0 Å². The minimum absolute atomic E-state index is 0.0871. The molecule has 0 aromatic heterocycles. The summed E-state index contributed by atoms with van der Waals surface area (Å²) in [4.78, 5) is 0. The third-order valence-electron chi connectivity index (χ3n) is 6.36. The van der Waals surface area contributed by atoms with Crippen LogP contribution in [-0.2, 0) is 4.43 Å². The smallest absolute Gasteiger partial charge is 0.261 e. The molecule has 0 unspecified atom stereocenters. The molecule has 212 valence electrons. The predicted molar refractivity (Wildman–Crippen MR) is 150 cm³/mol. The minimum atomic E-state index is -2.74. The third-order valence-corrected chi connectivity index (χ3v) is 11.3. The molecule has 0 aliphatic heterocycles. The summed E-state index contributed by atoms with van der Waals surface area (Å²) in [6.07, 6.45) is 1.47. The summed E-state index contributed by atoms with van der Waals surface area (Å²) < 4.78 is 6.66. The third kappa shape index (κ3) is 9.11. The predicted octanol–water partition coefficient (Wildman–Crippen LogP) is 0.323. The number of rotatable bonds is 12. The van der Waals surface area contributed by atoms with Gasteiger partial charge in [0.05, 0.1) is 57.1 Å². The second kappa shape index (κ2) is 17.3. The Labute approximate surface area is 226 Å². The average Bonchev–Trinajstić information content (AvgIpc) is 2.95. The van der Waals surface area contributed by atoms with Crippen molar-refractivity contribution in [3.05, 3.63) is 60.7 Å². The van der Waals surface area contributed by atoms with Crippen LogP contribution in [0.4, 0.5) is 0 Å². The number of aliphatic hydroxyl groups is 7. The van der Waals surface area contributed by atoms with Gasteiger partial charge in [-0.25, -0.2) is 0 Å². The second-order valence-electron chi connectivity index (χ2n) is 10.1. The van der Waals surface area contributed by atoms with E-state index in [-0.39, 0.29) is 31.5 Å². The van der Waals surface area contributed by atoms with Crippen LogP contribution in [0.2, 0.25) is 5.04 Å². The molecule has 2 aromatic rings. The summed E-state index contributed by atoms with van der Waals surface area (Å²) in [5.41, 5.74) is -2.17. The molecule has 10 heteroatoms. The van der Waals surface area contributed by atoms with Crippen molar-refractivity contribution in [2.45, 2.75) is 25.8 Å². The van der Waals surface area contributed by atoms with Crippen molar-refractivity contribution in [3.8, 4) is 0 Å². The van der Waals surface area contributed by atoms with Crippen LogP contribution in [0, 0.1) is 10.8 Å². The molecule has 37 heavy (non-hydrogen) atoms. The number of aliphatic hydroxyl groups excluding tert-OH is 7. The van der Waals surface area contributed by atoms with Gasteiger partial charge in [0.1, 0.15) is 0 Å². The molecular formula is C27H45ClO8Si. The number of benzene rings is 2. The SMILES string of the molecule is CC(C)(C)[Si](OCC(CO)(CO)CO)(c1ccccc1)c1ccccc1.CCl.OCC(CO)(CO)CO. The van der Waals surface area contributed by atoms with Gasteiger partial charge in [0, 0.05) is 13.0 Å². The Morgan fingerprint density at radius 2 is 0.865 bits per heavy atom. The lowest BCUT2D eigenvalue weighted by Crippen LogP contribution is -2.67. The molecule has 0 radical (unpaired) electrons. The monoisotopic (exact) mass is 560 g/mol. The van der Waals surface area contributed by atoms with Crippen molar-refractivity contribution in [1.82, 2.24) is 0 Å². The van der Waals surface area contributed by atoms with E-state index >= 15 is 0 Å². The quantitative estimate of drug-likeness (QED) is 0.145. The maximum Gasteiger partial charge on any atom is 0.261 e. The van der Waals surface area contributed by atoms with E-state index in [9.17, 15) is 15.3 Å². The first-order chi connectivity index (χ1) is 17.6. The van der Waals surface area contributed by atoms with Crippen molar-refractivity contribution in [2.24, 2.45) is 10.8 Å². The van der Waals surface area contributed by atoms with Crippen LogP contribution in [0.5, 0.6) is 0 Å². The molecule has 0 fully saturated rings. The lowest BCUT2D eigenvalue weighted by atomic mass is 9.93. The molecule has 0 saturated carbocycles. The number of alkyl halides is 1. The van der Waals surface area contributed by atoms with Crippen LogP contribution in [0.3, 0.4) is 0 Å². The van der Waals surface area contributed by atoms with Gasteiger partial charge >= 0.3 is 0 Å². The molecule has 0 bridgehead atoms. The van der Waals surface area contributed by atoms with E-state index in [0.29, 0.717) is 0 Å². The highest BCUT2D eigenvalue weighted by molar-refractivity contribution is 6.99. The van der Waals surface area contributed by atoms with E-state index in [1.165, 1.54) is 6.38 Å². The van der Waals surface area contributed by atoms with Crippen LogP contribution < -0.4 is 10.4 Å². The summed E-state index contributed by atoms with van der Waals surface area (Å²) in [5.74, 6) is 0. The normalized spacial score (nSPS) is 12.2. The molecule has 7 N–H and O–H groups in total. The van der Waals surface area contributed by atoms with Crippen molar-refractivity contribution >= 4 is 30.3 Å². The summed E-state index contributed by atoms with van der Waals surface area (Å²) in [5, 5.41) is 65.2. The van der Waals surface area contributed by atoms with Crippen molar-refractivity contribution < 1.29 is 40.2 Å². The molecule has 0 aliphatic carbocycles. The fourth-order valence-corrected chi connectivity index (χ4v) is 8.29. The molecule has 0 spiro atoms. The highest BCUT2D eigenvalue weighted by Crippen LogP contribution is 2.37. The molecule has 0 aliphatic rings. The lowest BCUT2D eigenvalue weighted by molar-refractivity contribution is -0.0328. The maximum absolute atomic E-state index is 9.73. The Morgan fingerprint density at radius 3 is 1.08 bits per heavy atom. The van der Waals surface area contributed by atoms with E-state index in [2.05, 4.69) is 56.6 Å². The first kappa shape index (κ1) is 35.6. The minimum Gasteiger partial charge on any atom is -0.407 e. The topological polar surface area (TPSA) is 151 Å². The van der Waals surface area contributed by atoms with Crippen molar-refractivity contribution in [2.75, 3.05) is 59.2 Å². The Kier molecular flexibility index (Phi) is 16.6. The zero-order chi connectivity index (χ0) is 28.6. The molecular weight excluding hydrogens is 516 g/mol. The van der Waals surface area contributed by atoms with Gasteiger partial charge < -0.3 is 40.2 Å². The number of halogens is 1. The average molecular weight is 561 g/mol. The molecule has 8 nitrogen and oxygen atoms in total. The van der Waals surface area contributed by atoms with E-state index < -0.39 is 45.6 Å². The van der Waals surface area contributed by atoms with Crippen LogP contribution in [0.1, 0.15) is 20.8 Å². The molecule has 2 rings (SSSR count).